The van der Waals surface area contributed by atoms with E-state index in [2.05, 4.69) is 5.32 Å². The van der Waals surface area contributed by atoms with Gasteiger partial charge in [-0.15, -0.1) is 0 Å². The molecule has 92 valence electrons. The van der Waals surface area contributed by atoms with Gasteiger partial charge in [-0.2, -0.15) is 0 Å². The molecule has 1 aromatic rings. The first-order valence-electron chi connectivity index (χ1n) is 5.70. The number of nitrogen functional groups attached to an aromatic ring is 1. The Labute approximate surface area is 100 Å². The molecule has 1 atom stereocenters. The summed E-state index contributed by atoms with van der Waals surface area (Å²) in [4.78, 5) is 11.1. The van der Waals surface area contributed by atoms with Crippen LogP contribution in [-0.2, 0) is 4.74 Å². The number of nitrogens with one attached hydrogen (secondary N) is 1. The summed E-state index contributed by atoms with van der Waals surface area (Å²) in [5, 5.41) is 3.29. The fraction of sp³-hybridized carbons (Fsp3) is 0.417. The summed E-state index contributed by atoms with van der Waals surface area (Å²) in [5.41, 5.74) is 12.9. The van der Waals surface area contributed by atoms with E-state index in [1.165, 1.54) is 0 Å². The average molecular weight is 235 g/mol. The van der Waals surface area contributed by atoms with E-state index in [0.29, 0.717) is 17.9 Å². The van der Waals surface area contributed by atoms with Crippen molar-refractivity contribution in [3.8, 4) is 0 Å². The monoisotopic (exact) mass is 235 g/mol. The molecule has 1 fully saturated rings. The average Bonchev–Trinajstić information content (AvgIpc) is 2.33. The highest BCUT2D eigenvalue weighted by atomic mass is 16.5. The lowest BCUT2D eigenvalue weighted by atomic mass is 10.1. The quantitative estimate of drug-likeness (QED) is 0.680. The molecule has 1 aromatic carbocycles. The van der Waals surface area contributed by atoms with Crippen LogP contribution in [0.1, 0.15) is 23.2 Å². The van der Waals surface area contributed by atoms with Crippen LogP contribution >= 0.6 is 0 Å². The molecule has 1 aliphatic heterocycles. The fourth-order valence-electron chi connectivity index (χ4n) is 1.91. The number of carbonyl (C=O) groups excluding carboxylic acids is 1. The highest BCUT2D eigenvalue weighted by Gasteiger charge is 2.15. The molecular formula is C12H17N3O2. The molecule has 0 radical (unpaired) electrons. The van der Waals surface area contributed by atoms with Crippen LogP contribution in [0.2, 0.25) is 0 Å². The molecule has 0 aromatic heterocycles. The van der Waals surface area contributed by atoms with Crippen LogP contribution in [0.15, 0.2) is 18.2 Å². The van der Waals surface area contributed by atoms with Crippen LogP contribution in [0.5, 0.6) is 0 Å². The smallest absolute Gasteiger partial charge is 0.248 e. The van der Waals surface area contributed by atoms with Crippen LogP contribution in [0.25, 0.3) is 0 Å². The van der Waals surface area contributed by atoms with Crippen molar-refractivity contribution in [2.75, 3.05) is 24.3 Å². The minimum Gasteiger partial charge on any atom is -0.397 e. The van der Waals surface area contributed by atoms with Crippen molar-refractivity contribution in [1.29, 1.82) is 0 Å². The summed E-state index contributed by atoms with van der Waals surface area (Å²) in [6, 6.07) is 5.24. The zero-order valence-electron chi connectivity index (χ0n) is 9.61. The Balaban J connectivity index is 2.13. The predicted molar refractivity (Wildman–Crippen MR) is 66.8 cm³/mol. The van der Waals surface area contributed by atoms with Crippen LogP contribution in [0.4, 0.5) is 11.4 Å². The first kappa shape index (κ1) is 11.7. The SMILES string of the molecule is NC(=O)c1ccc(N)c(NC2CCCOC2)c1. The molecule has 0 bridgehead atoms. The molecule has 17 heavy (non-hydrogen) atoms. The molecule has 5 nitrogen and oxygen atoms in total. The number of ether oxygens (including phenoxy) is 1. The molecular weight excluding hydrogens is 218 g/mol. The van der Waals surface area contributed by atoms with Crippen molar-refractivity contribution in [1.82, 2.24) is 0 Å². The highest BCUT2D eigenvalue weighted by molar-refractivity contribution is 5.94. The van der Waals surface area contributed by atoms with Gasteiger partial charge in [0.25, 0.3) is 0 Å². The zero-order valence-corrected chi connectivity index (χ0v) is 9.61. The van der Waals surface area contributed by atoms with E-state index in [0.717, 1.165) is 25.1 Å². The van der Waals surface area contributed by atoms with Gasteiger partial charge < -0.3 is 21.5 Å². The third kappa shape index (κ3) is 2.88. The maximum atomic E-state index is 11.1. The van der Waals surface area contributed by atoms with Crippen molar-refractivity contribution in [2.24, 2.45) is 5.73 Å². The van der Waals surface area contributed by atoms with Gasteiger partial charge in [-0.3, -0.25) is 4.79 Å². The van der Waals surface area contributed by atoms with Crippen molar-refractivity contribution >= 4 is 17.3 Å². The third-order valence-electron chi connectivity index (χ3n) is 2.86. The zero-order chi connectivity index (χ0) is 12.3. The van der Waals surface area contributed by atoms with Crippen LogP contribution < -0.4 is 16.8 Å². The number of anilines is 2. The van der Waals surface area contributed by atoms with E-state index in [-0.39, 0.29) is 6.04 Å². The Morgan fingerprint density at radius 3 is 2.94 bits per heavy atom. The van der Waals surface area contributed by atoms with Gasteiger partial charge in [0.15, 0.2) is 0 Å². The van der Waals surface area contributed by atoms with Crippen molar-refractivity contribution in [3.05, 3.63) is 23.8 Å². The summed E-state index contributed by atoms with van der Waals surface area (Å²) < 4.78 is 5.38. The number of hydrogen-bond donors (Lipinski definition) is 3. The van der Waals surface area contributed by atoms with Crippen molar-refractivity contribution in [3.63, 3.8) is 0 Å². The van der Waals surface area contributed by atoms with Crippen LogP contribution in [-0.4, -0.2) is 25.2 Å². The van der Waals surface area contributed by atoms with Gasteiger partial charge in [0.2, 0.25) is 5.91 Å². The lowest BCUT2D eigenvalue weighted by molar-refractivity contribution is 0.0876. The van der Waals surface area contributed by atoms with E-state index < -0.39 is 5.91 Å². The summed E-state index contributed by atoms with van der Waals surface area (Å²) in [6.07, 6.45) is 2.08. The van der Waals surface area contributed by atoms with Gasteiger partial charge in [0, 0.05) is 18.2 Å². The number of amides is 1. The summed E-state index contributed by atoms with van der Waals surface area (Å²) in [7, 11) is 0. The predicted octanol–water partition coefficient (Wildman–Crippen LogP) is 0.959. The van der Waals surface area contributed by atoms with Crippen LogP contribution in [0, 0.1) is 0 Å². The number of nitrogens with two attached hydrogens (primary N) is 2. The van der Waals surface area contributed by atoms with Gasteiger partial charge >= 0.3 is 0 Å². The van der Waals surface area contributed by atoms with Gasteiger partial charge in [-0.25, -0.2) is 0 Å². The van der Waals surface area contributed by atoms with E-state index in [9.17, 15) is 4.79 Å². The largest absolute Gasteiger partial charge is 0.397 e. The lowest BCUT2D eigenvalue weighted by Crippen LogP contribution is -2.30. The van der Waals surface area contributed by atoms with Crippen molar-refractivity contribution in [2.45, 2.75) is 18.9 Å². The highest BCUT2D eigenvalue weighted by Crippen LogP contribution is 2.22. The molecule has 1 amide bonds. The molecule has 5 N–H and O–H groups in total. The molecule has 1 heterocycles. The normalized spacial score (nSPS) is 19.9. The maximum Gasteiger partial charge on any atom is 0.248 e. The summed E-state index contributed by atoms with van der Waals surface area (Å²) in [6.45, 7) is 1.48. The van der Waals surface area contributed by atoms with Gasteiger partial charge in [0.05, 0.1) is 18.0 Å². The number of rotatable bonds is 3. The number of benzene rings is 1. The van der Waals surface area contributed by atoms with E-state index >= 15 is 0 Å². The minimum atomic E-state index is -0.451. The van der Waals surface area contributed by atoms with Crippen molar-refractivity contribution < 1.29 is 9.53 Å². The molecule has 1 aliphatic rings. The lowest BCUT2D eigenvalue weighted by Gasteiger charge is -2.25. The topological polar surface area (TPSA) is 90.4 Å². The molecule has 5 heteroatoms. The second kappa shape index (κ2) is 5.05. The standard InChI is InChI=1S/C12H17N3O2/c13-10-4-3-8(12(14)16)6-11(10)15-9-2-1-5-17-7-9/h3-4,6,9,15H,1-2,5,7,13H2,(H2,14,16). The van der Waals surface area contributed by atoms with E-state index in [1.54, 1.807) is 18.2 Å². The number of hydrogen-bond acceptors (Lipinski definition) is 4. The molecule has 0 saturated carbocycles. The Morgan fingerprint density at radius 1 is 1.47 bits per heavy atom. The van der Waals surface area contributed by atoms with Gasteiger partial charge in [0.1, 0.15) is 0 Å². The Kier molecular flexibility index (Phi) is 3.49. The molecule has 0 spiro atoms. The van der Waals surface area contributed by atoms with E-state index in [4.69, 9.17) is 16.2 Å². The van der Waals surface area contributed by atoms with Crippen LogP contribution in [0.3, 0.4) is 0 Å². The maximum absolute atomic E-state index is 11.1. The number of carbonyl (C=O) groups is 1. The van der Waals surface area contributed by atoms with Gasteiger partial charge in [-0.05, 0) is 31.0 Å². The second-order valence-electron chi connectivity index (χ2n) is 4.22. The second-order valence-corrected chi connectivity index (χ2v) is 4.22. The fourth-order valence-corrected chi connectivity index (χ4v) is 1.91. The Bertz CT molecular complexity index is 414. The third-order valence-corrected chi connectivity index (χ3v) is 2.86. The first-order valence-corrected chi connectivity index (χ1v) is 5.70. The summed E-state index contributed by atoms with van der Waals surface area (Å²) in [5.74, 6) is -0.451. The molecule has 0 aliphatic carbocycles. The van der Waals surface area contributed by atoms with Gasteiger partial charge in [-0.1, -0.05) is 0 Å². The Morgan fingerprint density at radius 2 is 2.29 bits per heavy atom. The summed E-state index contributed by atoms with van der Waals surface area (Å²) >= 11 is 0. The Hall–Kier alpha value is -1.75. The molecule has 2 rings (SSSR count). The first-order chi connectivity index (χ1) is 8.16. The van der Waals surface area contributed by atoms with E-state index in [1.807, 2.05) is 0 Å². The molecule has 1 unspecified atom stereocenters. The minimum absolute atomic E-state index is 0.245. The number of primary amides is 1. The molecule has 1 saturated heterocycles.